The van der Waals surface area contributed by atoms with Crippen LogP contribution in [-0.2, 0) is 9.59 Å². The van der Waals surface area contributed by atoms with Crippen LogP contribution in [0.1, 0.15) is 25.7 Å². The zero-order valence-corrected chi connectivity index (χ0v) is 12.7. The number of nitrogens with zero attached hydrogens (tertiary/aromatic N) is 3. The molecule has 0 spiro atoms. The van der Waals surface area contributed by atoms with E-state index in [0.29, 0.717) is 43.3 Å². The lowest BCUT2D eigenvalue weighted by atomic mass is 10.2. The second kappa shape index (κ2) is 5.94. The highest BCUT2D eigenvalue weighted by Gasteiger charge is 2.35. The van der Waals surface area contributed by atoms with E-state index in [1.54, 1.807) is 21.9 Å². The van der Waals surface area contributed by atoms with Gasteiger partial charge in [-0.05, 0) is 37.8 Å². The van der Waals surface area contributed by atoms with Gasteiger partial charge in [0.2, 0.25) is 0 Å². The number of anilines is 3. The Kier molecular flexibility index (Phi) is 3.97. The van der Waals surface area contributed by atoms with Crippen LogP contribution < -0.4 is 15.5 Å². The Bertz CT molecular complexity index is 636. The van der Waals surface area contributed by atoms with Gasteiger partial charge >= 0.3 is 11.9 Å². The number of carboxylic acids is 2. The zero-order chi connectivity index (χ0) is 16.6. The number of aliphatic carboxylic acids is 2. The van der Waals surface area contributed by atoms with Gasteiger partial charge in [0, 0.05) is 13.1 Å². The molecule has 0 aliphatic carbocycles. The quantitative estimate of drug-likeness (QED) is 0.744. The van der Waals surface area contributed by atoms with Crippen LogP contribution in [0.3, 0.4) is 0 Å². The Morgan fingerprint density at radius 3 is 2.22 bits per heavy atom. The fraction of sp³-hybridized carbons (Fsp3) is 0.533. The molecule has 0 bridgehead atoms. The molecule has 2 fully saturated rings. The molecule has 2 aliphatic heterocycles. The fourth-order valence-corrected chi connectivity index (χ4v) is 3.41. The predicted octanol–water partition coefficient (Wildman–Crippen LogP) is 0.771. The summed E-state index contributed by atoms with van der Waals surface area (Å²) >= 11 is 0. The predicted molar refractivity (Wildman–Crippen MR) is 84.7 cm³/mol. The van der Waals surface area contributed by atoms with Crippen molar-refractivity contribution >= 4 is 29.3 Å². The molecule has 2 saturated heterocycles. The Hall–Kier alpha value is -2.51. The van der Waals surface area contributed by atoms with E-state index < -0.39 is 24.0 Å². The van der Waals surface area contributed by atoms with E-state index in [1.165, 1.54) is 0 Å². The molecule has 4 N–H and O–H groups in total. The monoisotopic (exact) mass is 320 g/mol. The molecule has 3 rings (SSSR count). The smallest absolute Gasteiger partial charge is 0.326 e. The van der Waals surface area contributed by atoms with E-state index in [-0.39, 0.29) is 0 Å². The van der Waals surface area contributed by atoms with E-state index >= 15 is 0 Å². The Morgan fingerprint density at radius 2 is 1.61 bits per heavy atom. The first-order chi connectivity index (χ1) is 11.0. The first-order valence-electron chi connectivity index (χ1n) is 7.74. The standard InChI is InChI=1S/C15H20N4O4/c16-9-5-6-12(18-7-1-3-10(18)14(20)21)17-13(9)19-8-2-4-11(19)15(22)23/h5-6,10-11H,1-4,7-8,16H2,(H,20,21)(H,22,23). The van der Waals surface area contributed by atoms with Gasteiger partial charge < -0.3 is 25.7 Å². The molecule has 0 aromatic carbocycles. The van der Waals surface area contributed by atoms with Crippen molar-refractivity contribution in [3.63, 3.8) is 0 Å². The molecule has 8 heteroatoms. The van der Waals surface area contributed by atoms with Gasteiger partial charge in [-0.15, -0.1) is 0 Å². The first kappa shape index (κ1) is 15.4. The molecule has 8 nitrogen and oxygen atoms in total. The lowest BCUT2D eigenvalue weighted by molar-refractivity contribution is -0.139. The van der Waals surface area contributed by atoms with Crippen molar-refractivity contribution in [2.24, 2.45) is 0 Å². The van der Waals surface area contributed by atoms with Gasteiger partial charge in [-0.1, -0.05) is 0 Å². The molecular formula is C15H20N4O4. The summed E-state index contributed by atoms with van der Waals surface area (Å²) < 4.78 is 0. The van der Waals surface area contributed by atoms with Gasteiger partial charge in [-0.3, -0.25) is 0 Å². The van der Waals surface area contributed by atoms with Crippen molar-refractivity contribution in [3.8, 4) is 0 Å². The van der Waals surface area contributed by atoms with E-state index in [9.17, 15) is 19.8 Å². The number of carbonyl (C=O) groups is 2. The average Bonchev–Trinajstić information content (AvgIpc) is 3.16. The van der Waals surface area contributed by atoms with Crippen LogP contribution in [0.5, 0.6) is 0 Å². The minimum Gasteiger partial charge on any atom is -0.480 e. The van der Waals surface area contributed by atoms with Gasteiger partial charge in [-0.2, -0.15) is 0 Å². The first-order valence-corrected chi connectivity index (χ1v) is 7.74. The molecule has 2 atom stereocenters. The van der Waals surface area contributed by atoms with Crippen LogP contribution in [0, 0.1) is 0 Å². The number of nitrogen functional groups attached to an aromatic ring is 1. The lowest BCUT2D eigenvalue weighted by Gasteiger charge is -2.27. The van der Waals surface area contributed by atoms with Crippen molar-refractivity contribution in [3.05, 3.63) is 12.1 Å². The lowest BCUT2D eigenvalue weighted by Crippen LogP contribution is -2.39. The number of aromatic nitrogens is 1. The second-order valence-electron chi connectivity index (χ2n) is 5.96. The highest BCUT2D eigenvalue weighted by Crippen LogP contribution is 2.33. The van der Waals surface area contributed by atoms with Gasteiger partial charge in [-0.25, -0.2) is 14.6 Å². The summed E-state index contributed by atoms with van der Waals surface area (Å²) in [5.74, 6) is -0.787. The van der Waals surface area contributed by atoms with Crippen molar-refractivity contribution in [2.45, 2.75) is 37.8 Å². The number of pyridine rings is 1. The maximum absolute atomic E-state index is 11.4. The summed E-state index contributed by atoms with van der Waals surface area (Å²) in [6.07, 6.45) is 2.70. The molecular weight excluding hydrogens is 300 g/mol. The summed E-state index contributed by atoms with van der Waals surface area (Å²) in [7, 11) is 0. The molecule has 3 heterocycles. The minimum absolute atomic E-state index is 0.410. The third-order valence-corrected chi connectivity index (χ3v) is 4.53. The van der Waals surface area contributed by atoms with Crippen LogP contribution in [0.25, 0.3) is 0 Å². The summed E-state index contributed by atoms with van der Waals surface area (Å²) in [5.41, 5.74) is 6.40. The van der Waals surface area contributed by atoms with Crippen molar-refractivity contribution in [2.75, 3.05) is 28.6 Å². The molecule has 23 heavy (non-hydrogen) atoms. The molecule has 0 saturated carbocycles. The van der Waals surface area contributed by atoms with Gasteiger partial charge in [0.05, 0.1) is 5.69 Å². The third kappa shape index (κ3) is 2.76. The number of carboxylic acid groups (broad SMARTS) is 2. The maximum atomic E-state index is 11.4. The Morgan fingerprint density at radius 1 is 1.04 bits per heavy atom. The zero-order valence-electron chi connectivity index (χ0n) is 12.7. The molecule has 1 aromatic heterocycles. The fourth-order valence-electron chi connectivity index (χ4n) is 3.41. The van der Waals surface area contributed by atoms with E-state index in [0.717, 1.165) is 12.8 Å². The number of rotatable bonds is 4. The average molecular weight is 320 g/mol. The van der Waals surface area contributed by atoms with Crippen LogP contribution in [0.4, 0.5) is 17.3 Å². The van der Waals surface area contributed by atoms with Crippen LogP contribution in [-0.4, -0.2) is 52.3 Å². The Labute approximate surface area is 133 Å². The highest BCUT2D eigenvalue weighted by molar-refractivity contribution is 5.82. The topological polar surface area (TPSA) is 120 Å². The van der Waals surface area contributed by atoms with Crippen LogP contribution in [0.15, 0.2) is 12.1 Å². The second-order valence-corrected chi connectivity index (χ2v) is 5.96. The van der Waals surface area contributed by atoms with Crippen molar-refractivity contribution in [1.29, 1.82) is 0 Å². The highest BCUT2D eigenvalue weighted by atomic mass is 16.4. The summed E-state index contributed by atoms with van der Waals surface area (Å²) in [4.78, 5) is 30.7. The summed E-state index contributed by atoms with van der Waals surface area (Å²) in [5, 5.41) is 18.6. The number of hydrogen-bond donors (Lipinski definition) is 3. The normalized spacial score (nSPS) is 24.2. The molecule has 0 radical (unpaired) electrons. The van der Waals surface area contributed by atoms with E-state index in [1.807, 2.05) is 0 Å². The van der Waals surface area contributed by atoms with E-state index in [2.05, 4.69) is 4.98 Å². The SMILES string of the molecule is Nc1ccc(N2CCCC2C(=O)O)nc1N1CCCC1C(=O)O. The van der Waals surface area contributed by atoms with Crippen molar-refractivity contribution in [1.82, 2.24) is 4.98 Å². The molecule has 2 unspecified atom stereocenters. The summed E-state index contributed by atoms with van der Waals surface area (Å²) in [6.45, 7) is 1.20. The van der Waals surface area contributed by atoms with E-state index in [4.69, 9.17) is 5.73 Å². The third-order valence-electron chi connectivity index (χ3n) is 4.53. The Balaban J connectivity index is 1.93. The van der Waals surface area contributed by atoms with Gasteiger partial charge in [0.25, 0.3) is 0 Å². The molecule has 0 amide bonds. The largest absolute Gasteiger partial charge is 0.480 e. The number of hydrogen-bond acceptors (Lipinski definition) is 6. The van der Waals surface area contributed by atoms with Crippen LogP contribution in [0.2, 0.25) is 0 Å². The molecule has 1 aromatic rings. The number of nitrogens with two attached hydrogens (primary N) is 1. The van der Waals surface area contributed by atoms with Crippen molar-refractivity contribution < 1.29 is 19.8 Å². The van der Waals surface area contributed by atoms with Crippen LogP contribution >= 0.6 is 0 Å². The van der Waals surface area contributed by atoms with Gasteiger partial charge in [0.15, 0.2) is 5.82 Å². The van der Waals surface area contributed by atoms with Gasteiger partial charge in [0.1, 0.15) is 17.9 Å². The molecule has 2 aliphatic rings. The maximum Gasteiger partial charge on any atom is 0.326 e. The summed E-state index contributed by atoms with van der Waals surface area (Å²) in [6, 6.07) is 2.15. The molecule has 124 valence electrons. The minimum atomic E-state index is -0.890.